The van der Waals surface area contributed by atoms with Crippen molar-refractivity contribution in [1.29, 1.82) is 0 Å². The van der Waals surface area contributed by atoms with Crippen LogP contribution >= 0.6 is 0 Å². The number of rotatable bonds is 12. The van der Waals surface area contributed by atoms with Gasteiger partial charge in [0, 0.05) is 17.8 Å². The standard InChI is InChI=1S/C31H45N3O5/c1-8-9-10-15-20-34(29(37)26(21(2)3)33-30(38)39-31(5,6)7)27(23-17-12-14-19-25(23)35)28(36)32-24-18-13-11-16-22(24)4/h11-14,16-19,21,26-27,35H,8-10,15,20H2,1-7H3,(H,32,36)(H,33,38). The van der Waals surface area contributed by atoms with Crippen molar-refractivity contribution in [2.45, 2.75) is 91.8 Å². The first-order valence-electron chi connectivity index (χ1n) is 13.8. The number of phenols is 1. The van der Waals surface area contributed by atoms with Gasteiger partial charge in [-0.15, -0.1) is 0 Å². The summed E-state index contributed by atoms with van der Waals surface area (Å²) in [6.45, 7) is 13.2. The predicted molar refractivity (Wildman–Crippen MR) is 155 cm³/mol. The number of phenolic OH excluding ortho intramolecular Hbond substituents is 1. The molecule has 2 aromatic rings. The maximum absolute atomic E-state index is 14.2. The number of benzene rings is 2. The zero-order chi connectivity index (χ0) is 29.2. The number of hydrogen-bond acceptors (Lipinski definition) is 5. The molecule has 8 nitrogen and oxygen atoms in total. The number of nitrogens with one attached hydrogen (secondary N) is 2. The van der Waals surface area contributed by atoms with Crippen LogP contribution in [0.1, 0.15) is 84.4 Å². The van der Waals surface area contributed by atoms with Gasteiger partial charge in [0.05, 0.1) is 0 Å². The van der Waals surface area contributed by atoms with E-state index in [2.05, 4.69) is 17.6 Å². The largest absolute Gasteiger partial charge is 0.508 e. The molecular weight excluding hydrogens is 494 g/mol. The van der Waals surface area contributed by atoms with Crippen LogP contribution in [0.2, 0.25) is 0 Å². The number of hydrogen-bond donors (Lipinski definition) is 3. The Morgan fingerprint density at radius 2 is 1.62 bits per heavy atom. The number of carbonyl (C=O) groups is 3. The van der Waals surface area contributed by atoms with E-state index < -0.39 is 35.6 Å². The molecule has 0 aliphatic carbocycles. The average Bonchev–Trinajstić information content (AvgIpc) is 2.85. The third-order valence-corrected chi connectivity index (χ3v) is 6.33. The lowest BCUT2D eigenvalue weighted by Gasteiger charge is -2.36. The molecule has 0 radical (unpaired) electrons. The minimum Gasteiger partial charge on any atom is -0.508 e. The van der Waals surface area contributed by atoms with Crippen LogP contribution in [0, 0.1) is 12.8 Å². The Kier molecular flexibility index (Phi) is 11.8. The van der Waals surface area contributed by atoms with Crippen LogP contribution in [0.3, 0.4) is 0 Å². The van der Waals surface area contributed by atoms with Crippen molar-refractivity contribution in [2.75, 3.05) is 11.9 Å². The highest BCUT2D eigenvalue weighted by atomic mass is 16.6. The summed E-state index contributed by atoms with van der Waals surface area (Å²) in [4.78, 5) is 42.3. The van der Waals surface area contributed by atoms with Gasteiger partial charge in [0.15, 0.2) is 0 Å². The summed E-state index contributed by atoms with van der Waals surface area (Å²) < 4.78 is 5.43. The van der Waals surface area contributed by atoms with Crippen molar-refractivity contribution in [3.63, 3.8) is 0 Å². The molecule has 2 rings (SSSR count). The number of unbranched alkanes of at least 4 members (excludes halogenated alkanes) is 3. The van der Waals surface area contributed by atoms with Gasteiger partial charge in [-0.3, -0.25) is 9.59 Å². The molecule has 2 atom stereocenters. The van der Waals surface area contributed by atoms with E-state index in [0.717, 1.165) is 24.8 Å². The molecule has 0 saturated heterocycles. The summed E-state index contributed by atoms with van der Waals surface area (Å²) in [5.74, 6) is -1.24. The van der Waals surface area contributed by atoms with Crippen LogP contribution in [-0.4, -0.2) is 46.1 Å². The first kappa shape index (κ1) is 31.7. The molecule has 3 N–H and O–H groups in total. The van der Waals surface area contributed by atoms with E-state index in [4.69, 9.17) is 4.74 Å². The number of alkyl carbamates (subject to hydrolysis) is 1. The number of para-hydroxylation sites is 2. The van der Waals surface area contributed by atoms with E-state index in [1.807, 2.05) is 39.0 Å². The van der Waals surface area contributed by atoms with Gasteiger partial charge in [-0.1, -0.05) is 76.4 Å². The molecule has 0 heterocycles. The summed E-state index contributed by atoms with van der Waals surface area (Å²) in [6.07, 6.45) is 2.84. The topological polar surface area (TPSA) is 108 Å². The van der Waals surface area contributed by atoms with E-state index in [1.165, 1.54) is 11.0 Å². The molecule has 0 saturated carbocycles. The fourth-order valence-electron chi connectivity index (χ4n) is 4.29. The minimum absolute atomic E-state index is 0.0880. The Bertz CT molecular complexity index is 1110. The molecule has 0 bridgehead atoms. The lowest BCUT2D eigenvalue weighted by molar-refractivity contribution is -0.141. The Balaban J connectivity index is 2.54. The van der Waals surface area contributed by atoms with Gasteiger partial charge in [0.1, 0.15) is 23.4 Å². The monoisotopic (exact) mass is 539 g/mol. The normalized spacial score (nSPS) is 12.9. The molecule has 8 heteroatoms. The maximum Gasteiger partial charge on any atom is 0.408 e. The van der Waals surface area contributed by atoms with E-state index in [1.54, 1.807) is 45.0 Å². The predicted octanol–water partition coefficient (Wildman–Crippen LogP) is 6.34. The van der Waals surface area contributed by atoms with E-state index in [0.29, 0.717) is 17.7 Å². The third-order valence-electron chi connectivity index (χ3n) is 6.33. The average molecular weight is 540 g/mol. The second-order valence-electron chi connectivity index (χ2n) is 11.2. The van der Waals surface area contributed by atoms with Crippen LogP contribution in [0.25, 0.3) is 0 Å². The second kappa shape index (κ2) is 14.6. The zero-order valence-corrected chi connectivity index (χ0v) is 24.4. The molecule has 0 spiro atoms. The maximum atomic E-state index is 14.2. The molecule has 0 fully saturated rings. The van der Waals surface area contributed by atoms with Gasteiger partial charge in [-0.25, -0.2) is 4.79 Å². The Morgan fingerprint density at radius 3 is 2.21 bits per heavy atom. The fourth-order valence-corrected chi connectivity index (χ4v) is 4.29. The van der Waals surface area contributed by atoms with Crippen LogP contribution < -0.4 is 10.6 Å². The van der Waals surface area contributed by atoms with Gasteiger partial charge in [-0.05, 0) is 57.7 Å². The lowest BCUT2D eigenvalue weighted by Crippen LogP contribution is -2.54. The highest BCUT2D eigenvalue weighted by Crippen LogP contribution is 2.32. The quantitative estimate of drug-likeness (QED) is 0.273. The number of aromatic hydroxyl groups is 1. The zero-order valence-electron chi connectivity index (χ0n) is 24.4. The third kappa shape index (κ3) is 9.61. The number of aryl methyl sites for hydroxylation is 1. The SMILES string of the molecule is CCCCCCN(C(=O)C(NC(=O)OC(C)(C)C)C(C)C)C(C(=O)Nc1ccccc1C)c1ccccc1O. The number of amides is 3. The van der Waals surface area contributed by atoms with Crippen LogP contribution in [0.15, 0.2) is 48.5 Å². The summed E-state index contributed by atoms with van der Waals surface area (Å²) in [5.41, 5.74) is 1.07. The number of anilines is 1. The van der Waals surface area contributed by atoms with Gasteiger partial charge in [0.2, 0.25) is 5.91 Å². The van der Waals surface area contributed by atoms with Gasteiger partial charge in [0.25, 0.3) is 5.91 Å². The summed E-state index contributed by atoms with van der Waals surface area (Å²) in [5, 5.41) is 16.5. The smallest absolute Gasteiger partial charge is 0.408 e. The number of nitrogens with zero attached hydrogens (tertiary/aromatic N) is 1. The molecule has 214 valence electrons. The summed E-state index contributed by atoms with van der Waals surface area (Å²) in [7, 11) is 0. The molecule has 0 aliphatic rings. The molecule has 0 aliphatic heterocycles. The molecule has 2 aromatic carbocycles. The summed E-state index contributed by atoms with van der Waals surface area (Å²) >= 11 is 0. The van der Waals surface area contributed by atoms with Gasteiger partial charge >= 0.3 is 6.09 Å². The number of ether oxygens (including phenoxy) is 1. The Labute approximate surface area is 233 Å². The Hall–Kier alpha value is -3.55. The van der Waals surface area contributed by atoms with Crippen LogP contribution in [-0.2, 0) is 14.3 Å². The van der Waals surface area contributed by atoms with Crippen molar-refractivity contribution >= 4 is 23.6 Å². The van der Waals surface area contributed by atoms with E-state index in [9.17, 15) is 19.5 Å². The first-order chi connectivity index (χ1) is 18.4. The fraction of sp³-hybridized carbons (Fsp3) is 0.516. The van der Waals surface area contributed by atoms with Crippen molar-refractivity contribution < 1.29 is 24.2 Å². The highest BCUT2D eigenvalue weighted by molar-refractivity contribution is 5.99. The minimum atomic E-state index is -1.12. The van der Waals surface area contributed by atoms with E-state index >= 15 is 0 Å². The van der Waals surface area contributed by atoms with Crippen molar-refractivity contribution in [3.05, 3.63) is 59.7 Å². The van der Waals surface area contributed by atoms with Crippen molar-refractivity contribution in [3.8, 4) is 5.75 Å². The molecule has 3 amide bonds. The summed E-state index contributed by atoms with van der Waals surface area (Å²) in [6, 6.07) is 11.9. The highest BCUT2D eigenvalue weighted by Gasteiger charge is 2.38. The molecule has 0 aromatic heterocycles. The molecule has 2 unspecified atom stereocenters. The van der Waals surface area contributed by atoms with Gasteiger partial charge < -0.3 is 25.4 Å². The first-order valence-corrected chi connectivity index (χ1v) is 13.8. The molecular formula is C31H45N3O5. The lowest BCUT2D eigenvalue weighted by atomic mass is 9.97. The van der Waals surface area contributed by atoms with Crippen molar-refractivity contribution in [2.24, 2.45) is 5.92 Å². The van der Waals surface area contributed by atoms with Crippen LogP contribution in [0.4, 0.5) is 10.5 Å². The molecule has 39 heavy (non-hydrogen) atoms. The van der Waals surface area contributed by atoms with Crippen LogP contribution in [0.5, 0.6) is 5.75 Å². The van der Waals surface area contributed by atoms with E-state index in [-0.39, 0.29) is 18.2 Å². The Morgan fingerprint density at radius 1 is 0.974 bits per heavy atom. The number of carbonyl (C=O) groups excluding carboxylic acids is 3. The second-order valence-corrected chi connectivity index (χ2v) is 11.2. The van der Waals surface area contributed by atoms with Gasteiger partial charge in [-0.2, -0.15) is 0 Å². The van der Waals surface area contributed by atoms with Crippen molar-refractivity contribution in [1.82, 2.24) is 10.2 Å².